The Morgan fingerprint density at radius 2 is 1.80 bits per heavy atom. The predicted molar refractivity (Wildman–Crippen MR) is 147 cm³/mol. The fourth-order valence-corrected chi connectivity index (χ4v) is 6.70. The second kappa shape index (κ2) is 9.60. The van der Waals surface area contributed by atoms with Crippen LogP contribution < -0.4 is 11.1 Å². The van der Waals surface area contributed by atoms with Crippen molar-refractivity contribution >= 4 is 34.3 Å². The average molecular weight is 565 g/mol. The first-order valence-electron chi connectivity index (χ1n) is 13.1. The maximum Gasteiger partial charge on any atom is 0.317 e. The van der Waals surface area contributed by atoms with Crippen molar-refractivity contribution in [1.82, 2.24) is 15.1 Å². The molecule has 3 aliphatic rings. The van der Waals surface area contributed by atoms with E-state index in [0.717, 1.165) is 0 Å². The third-order valence-corrected chi connectivity index (χ3v) is 8.57. The zero-order chi connectivity index (χ0) is 30.1. The summed E-state index contributed by atoms with van der Waals surface area (Å²) in [6.07, 6.45) is 0.231. The lowest BCUT2D eigenvalue weighted by Gasteiger charge is -2.50. The van der Waals surface area contributed by atoms with Crippen molar-refractivity contribution < 1.29 is 39.6 Å². The van der Waals surface area contributed by atoms with Gasteiger partial charge in [-0.15, -0.1) is 0 Å². The number of amides is 3. The number of nitrogens with two attached hydrogens (primary N) is 1. The SMILES string of the molecule is CNC(=O)N(C)Cc1ccc2cc3c(c(O)c2c1)C(=O)C1=C(O)[C@]2(O)C(=O)C(C(N)=O)=C(O)[C@@H](N(C)C)[C@@H]2C[C@@H]1C3. The van der Waals surface area contributed by atoms with Crippen LogP contribution >= 0.6 is 0 Å². The van der Waals surface area contributed by atoms with Gasteiger partial charge in [-0.3, -0.25) is 19.3 Å². The number of carbonyl (C=O) groups is 4. The molecule has 12 heteroatoms. The van der Waals surface area contributed by atoms with Gasteiger partial charge in [-0.1, -0.05) is 18.2 Å². The minimum Gasteiger partial charge on any atom is -0.510 e. The van der Waals surface area contributed by atoms with Crippen LogP contribution in [0, 0.1) is 11.8 Å². The van der Waals surface area contributed by atoms with Crippen molar-refractivity contribution in [3.05, 3.63) is 63.6 Å². The van der Waals surface area contributed by atoms with Gasteiger partial charge < -0.3 is 36.4 Å². The summed E-state index contributed by atoms with van der Waals surface area (Å²) in [5.41, 5.74) is 2.79. The molecule has 0 unspecified atom stereocenters. The molecule has 2 aromatic rings. The first-order chi connectivity index (χ1) is 19.2. The predicted octanol–water partition coefficient (Wildman–Crippen LogP) is 1.05. The van der Waals surface area contributed by atoms with Gasteiger partial charge in [-0.25, -0.2) is 4.79 Å². The highest BCUT2D eigenvalue weighted by atomic mass is 16.3. The van der Waals surface area contributed by atoms with Crippen LogP contribution in [0.2, 0.25) is 0 Å². The topological polar surface area (TPSA) is 194 Å². The molecule has 0 bridgehead atoms. The number of hydrogen-bond acceptors (Lipinski definition) is 9. The summed E-state index contributed by atoms with van der Waals surface area (Å²) >= 11 is 0. The van der Waals surface area contributed by atoms with Crippen LogP contribution in [0.15, 0.2) is 46.9 Å². The minimum absolute atomic E-state index is 0.0231. The van der Waals surface area contributed by atoms with E-state index in [1.807, 2.05) is 6.07 Å². The number of fused-ring (bicyclic) bond motifs is 4. The molecule has 41 heavy (non-hydrogen) atoms. The molecule has 0 saturated carbocycles. The lowest BCUT2D eigenvalue weighted by Crippen LogP contribution is -2.63. The van der Waals surface area contributed by atoms with Gasteiger partial charge in [0, 0.05) is 37.5 Å². The Bertz CT molecular complexity index is 1610. The second-order valence-corrected chi connectivity index (χ2v) is 11.2. The largest absolute Gasteiger partial charge is 0.510 e. The first kappa shape index (κ1) is 28.1. The molecule has 5 rings (SSSR count). The monoisotopic (exact) mass is 564 g/mol. The number of rotatable bonds is 4. The van der Waals surface area contributed by atoms with Gasteiger partial charge >= 0.3 is 6.03 Å². The Morgan fingerprint density at radius 1 is 1.12 bits per heavy atom. The number of ketones is 2. The molecule has 3 aliphatic carbocycles. The molecule has 0 heterocycles. The fourth-order valence-electron chi connectivity index (χ4n) is 6.70. The number of allylic oxidation sites excluding steroid dienone is 1. The second-order valence-electron chi connectivity index (χ2n) is 11.2. The van der Waals surface area contributed by atoms with Gasteiger partial charge in [0.25, 0.3) is 5.91 Å². The number of aliphatic hydroxyl groups excluding tert-OH is 2. The maximum atomic E-state index is 13.9. The quantitative estimate of drug-likeness (QED) is 0.294. The molecule has 0 radical (unpaired) electrons. The molecule has 0 fully saturated rings. The molecule has 4 atom stereocenters. The summed E-state index contributed by atoms with van der Waals surface area (Å²) in [5, 5.41) is 48.9. The summed E-state index contributed by atoms with van der Waals surface area (Å²) in [4.78, 5) is 54.3. The van der Waals surface area contributed by atoms with Gasteiger partial charge in [-0.05, 0) is 55.4 Å². The summed E-state index contributed by atoms with van der Waals surface area (Å²) in [6, 6.07) is 5.70. The van der Waals surface area contributed by atoms with Gasteiger partial charge in [-0.2, -0.15) is 0 Å². The highest BCUT2D eigenvalue weighted by molar-refractivity contribution is 6.25. The van der Waals surface area contributed by atoms with E-state index < -0.39 is 58.0 Å². The van der Waals surface area contributed by atoms with Crippen LogP contribution in [0.25, 0.3) is 10.8 Å². The van der Waals surface area contributed by atoms with Gasteiger partial charge in [0.15, 0.2) is 11.4 Å². The molecule has 0 aromatic heterocycles. The van der Waals surface area contributed by atoms with Crippen LogP contribution in [0.1, 0.15) is 27.9 Å². The average Bonchev–Trinajstić information content (AvgIpc) is 2.90. The Hall–Kier alpha value is -4.42. The number of nitrogens with zero attached hydrogens (tertiary/aromatic N) is 2. The number of hydrogen-bond donors (Lipinski definition) is 6. The first-order valence-corrected chi connectivity index (χ1v) is 13.1. The number of nitrogens with one attached hydrogen (secondary N) is 1. The van der Waals surface area contributed by atoms with Crippen molar-refractivity contribution in [2.24, 2.45) is 17.6 Å². The number of phenols is 1. The number of aliphatic hydroxyl groups is 3. The number of phenolic OH excluding ortho intramolecular Hbond substituents is 1. The van der Waals surface area contributed by atoms with E-state index in [-0.39, 0.29) is 42.3 Å². The Morgan fingerprint density at radius 3 is 2.41 bits per heavy atom. The van der Waals surface area contributed by atoms with Crippen molar-refractivity contribution in [2.45, 2.75) is 31.0 Å². The molecule has 0 saturated heterocycles. The highest BCUT2D eigenvalue weighted by Gasteiger charge is 2.63. The standard InChI is InChI=1S/C29H32N4O8/c1-31-28(40)33(4)11-12-5-6-13-8-14-9-15-10-17-21(32(2)3)24(36)20(27(30)39)26(38)29(17,41)25(37)19(15)23(35)18(14)22(34)16(13)7-12/h5-8,15,17,21,34,36-37,41H,9-11H2,1-4H3,(H2,30,39)(H,31,40)/t15-,17-,21-,29-/m0/s1. The van der Waals surface area contributed by atoms with Crippen LogP contribution in [-0.2, 0) is 22.6 Å². The van der Waals surface area contributed by atoms with E-state index in [1.54, 1.807) is 39.3 Å². The number of likely N-dealkylation sites (N-methyl/N-ethyl adjacent to an activating group) is 1. The molecule has 12 nitrogen and oxygen atoms in total. The van der Waals surface area contributed by atoms with E-state index in [9.17, 15) is 39.6 Å². The summed E-state index contributed by atoms with van der Waals surface area (Å²) in [7, 11) is 6.29. The molecule has 2 aromatic carbocycles. The van der Waals surface area contributed by atoms with E-state index in [4.69, 9.17) is 5.73 Å². The third-order valence-electron chi connectivity index (χ3n) is 8.57. The van der Waals surface area contributed by atoms with Crippen molar-refractivity contribution in [3.8, 4) is 5.75 Å². The lowest BCUT2D eigenvalue weighted by atomic mass is 9.58. The number of urea groups is 1. The van der Waals surface area contributed by atoms with Crippen molar-refractivity contribution in [2.75, 3.05) is 28.2 Å². The smallest absolute Gasteiger partial charge is 0.317 e. The van der Waals surface area contributed by atoms with Gasteiger partial charge in [0.1, 0.15) is 22.8 Å². The molecule has 7 N–H and O–H groups in total. The summed E-state index contributed by atoms with van der Waals surface area (Å²) in [5.74, 6) is -6.85. The molecular weight excluding hydrogens is 532 g/mol. The van der Waals surface area contributed by atoms with Gasteiger partial charge in [0.05, 0.1) is 11.6 Å². The lowest BCUT2D eigenvalue weighted by molar-refractivity contribution is -0.148. The Kier molecular flexibility index (Phi) is 6.58. The number of Topliss-reactive ketones (excluding diaryl/α,β-unsaturated/α-hetero) is 2. The third kappa shape index (κ3) is 3.97. The molecule has 3 amide bonds. The van der Waals surface area contributed by atoms with Crippen LogP contribution in [0.4, 0.5) is 4.79 Å². The van der Waals surface area contributed by atoms with E-state index in [1.165, 1.54) is 16.8 Å². The van der Waals surface area contributed by atoms with Gasteiger partial charge in [0.2, 0.25) is 5.78 Å². The Labute approximate surface area is 235 Å². The summed E-state index contributed by atoms with van der Waals surface area (Å²) in [6.45, 7) is 0.236. The number of benzene rings is 2. The van der Waals surface area contributed by atoms with E-state index in [0.29, 0.717) is 21.9 Å². The molecular formula is C29H32N4O8. The van der Waals surface area contributed by atoms with Crippen molar-refractivity contribution in [3.63, 3.8) is 0 Å². The van der Waals surface area contributed by atoms with Crippen molar-refractivity contribution in [1.29, 1.82) is 0 Å². The zero-order valence-electron chi connectivity index (χ0n) is 23.1. The van der Waals surface area contributed by atoms with E-state index in [2.05, 4.69) is 5.32 Å². The molecule has 216 valence electrons. The number of aromatic hydroxyl groups is 1. The zero-order valence-corrected chi connectivity index (χ0v) is 23.1. The number of primary amides is 1. The summed E-state index contributed by atoms with van der Waals surface area (Å²) < 4.78 is 0. The maximum absolute atomic E-state index is 13.9. The molecule has 0 aliphatic heterocycles. The Balaban J connectivity index is 1.65. The number of carbonyl (C=O) groups excluding carboxylic acids is 4. The highest BCUT2D eigenvalue weighted by Crippen LogP contribution is 2.52. The van der Waals surface area contributed by atoms with Crippen LogP contribution in [0.5, 0.6) is 5.75 Å². The van der Waals surface area contributed by atoms with Crippen LogP contribution in [-0.4, -0.2) is 93.6 Å². The fraction of sp³-hybridized carbons (Fsp3) is 0.379. The minimum atomic E-state index is -2.69. The normalized spacial score (nSPS) is 25.7. The molecule has 0 spiro atoms. The van der Waals surface area contributed by atoms with E-state index >= 15 is 0 Å². The van der Waals surface area contributed by atoms with Crippen LogP contribution in [0.3, 0.4) is 0 Å².